The van der Waals surface area contributed by atoms with Gasteiger partial charge in [-0.3, -0.25) is 9.59 Å². The number of piperidine rings is 1. The van der Waals surface area contributed by atoms with Gasteiger partial charge in [-0.25, -0.2) is 0 Å². The van der Waals surface area contributed by atoms with Gasteiger partial charge in [0, 0.05) is 31.4 Å². The van der Waals surface area contributed by atoms with Crippen molar-refractivity contribution in [2.75, 3.05) is 44.7 Å². The quantitative estimate of drug-likeness (QED) is 0.898. The minimum Gasteiger partial charge on any atom is -0.381 e. The minimum atomic E-state index is -0.0967. The Morgan fingerprint density at radius 3 is 2.87 bits per heavy atom. The molecule has 1 aromatic carbocycles. The lowest BCUT2D eigenvalue weighted by atomic mass is 10.1. The van der Waals surface area contributed by atoms with Gasteiger partial charge in [-0.1, -0.05) is 18.2 Å². The topological polar surface area (TPSA) is 61.9 Å². The summed E-state index contributed by atoms with van der Waals surface area (Å²) in [5, 5.41) is 3.48. The van der Waals surface area contributed by atoms with Crippen LogP contribution in [0.1, 0.15) is 12.8 Å². The molecule has 0 bridgehead atoms. The lowest BCUT2D eigenvalue weighted by molar-refractivity contribution is -0.148. The van der Waals surface area contributed by atoms with Crippen molar-refractivity contribution in [1.29, 1.82) is 0 Å². The van der Waals surface area contributed by atoms with Gasteiger partial charge in [-0.2, -0.15) is 0 Å². The van der Waals surface area contributed by atoms with Crippen molar-refractivity contribution in [3.8, 4) is 0 Å². The molecule has 0 spiro atoms. The fraction of sp³-hybridized carbons (Fsp3) is 0.529. The number of hydrogen-bond donors (Lipinski definition) is 1. The number of ether oxygens (including phenoxy) is 1. The molecule has 23 heavy (non-hydrogen) atoms. The van der Waals surface area contributed by atoms with Crippen LogP contribution in [0, 0.1) is 0 Å². The van der Waals surface area contributed by atoms with E-state index in [4.69, 9.17) is 4.74 Å². The average Bonchev–Trinajstić information content (AvgIpc) is 2.58. The molecule has 2 amide bonds. The third kappa shape index (κ3) is 4.22. The van der Waals surface area contributed by atoms with Crippen molar-refractivity contribution in [2.45, 2.75) is 18.9 Å². The molecule has 1 atom stereocenters. The van der Waals surface area contributed by atoms with Crippen LogP contribution < -0.4 is 5.32 Å². The monoisotopic (exact) mass is 317 g/mol. The molecule has 2 heterocycles. The van der Waals surface area contributed by atoms with E-state index in [-0.39, 0.29) is 31.0 Å². The molecule has 1 N–H and O–H groups in total. The zero-order valence-electron chi connectivity index (χ0n) is 13.2. The van der Waals surface area contributed by atoms with Crippen LogP contribution in [0.2, 0.25) is 0 Å². The van der Waals surface area contributed by atoms with Crippen molar-refractivity contribution in [3.63, 3.8) is 0 Å². The van der Waals surface area contributed by atoms with Gasteiger partial charge in [0.15, 0.2) is 0 Å². The van der Waals surface area contributed by atoms with Crippen molar-refractivity contribution in [1.82, 2.24) is 9.80 Å². The first-order chi connectivity index (χ1) is 11.2. The number of nitrogens with zero attached hydrogens (tertiary/aromatic N) is 2. The highest BCUT2D eigenvalue weighted by atomic mass is 16.5. The summed E-state index contributed by atoms with van der Waals surface area (Å²) >= 11 is 0. The number of carbonyl (C=O) groups excluding carboxylic acids is 2. The minimum absolute atomic E-state index is 0.0276. The summed E-state index contributed by atoms with van der Waals surface area (Å²) in [5.74, 6) is -0.0691. The van der Waals surface area contributed by atoms with E-state index in [1.165, 1.54) is 0 Å². The third-order valence-corrected chi connectivity index (χ3v) is 4.33. The van der Waals surface area contributed by atoms with Crippen LogP contribution in [0.4, 0.5) is 5.69 Å². The van der Waals surface area contributed by atoms with E-state index in [0.717, 1.165) is 25.1 Å². The number of anilines is 1. The summed E-state index contributed by atoms with van der Waals surface area (Å²) in [6, 6.07) is 10.3. The van der Waals surface area contributed by atoms with Crippen molar-refractivity contribution in [3.05, 3.63) is 30.3 Å². The van der Waals surface area contributed by atoms with E-state index in [2.05, 4.69) is 5.32 Å². The van der Waals surface area contributed by atoms with Gasteiger partial charge in [0.1, 0.15) is 6.61 Å². The van der Waals surface area contributed by atoms with Gasteiger partial charge in [-0.05, 0) is 25.0 Å². The molecule has 6 heteroatoms. The molecule has 0 unspecified atom stereocenters. The lowest BCUT2D eigenvalue weighted by Crippen LogP contribution is -2.51. The first kappa shape index (κ1) is 15.8. The zero-order valence-corrected chi connectivity index (χ0v) is 13.2. The Hall–Kier alpha value is -2.08. The Morgan fingerprint density at radius 2 is 2.09 bits per heavy atom. The van der Waals surface area contributed by atoms with E-state index in [1.807, 2.05) is 35.2 Å². The summed E-state index contributed by atoms with van der Waals surface area (Å²) in [6.07, 6.45) is 2.03. The van der Waals surface area contributed by atoms with Gasteiger partial charge in [-0.15, -0.1) is 0 Å². The Balaban J connectivity index is 1.53. The van der Waals surface area contributed by atoms with Gasteiger partial charge in [0.2, 0.25) is 11.8 Å². The molecule has 0 aliphatic carbocycles. The van der Waals surface area contributed by atoms with Crippen LogP contribution in [-0.2, 0) is 14.3 Å². The van der Waals surface area contributed by atoms with Crippen molar-refractivity contribution in [2.24, 2.45) is 0 Å². The summed E-state index contributed by atoms with van der Waals surface area (Å²) < 4.78 is 5.10. The predicted molar refractivity (Wildman–Crippen MR) is 87.1 cm³/mol. The zero-order chi connectivity index (χ0) is 16.1. The van der Waals surface area contributed by atoms with Gasteiger partial charge < -0.3 is 19.9 Å². The molecule has 0 radical (unpaired) electrons. The predicted octanol–water partition coefficient (Wildman–Crippen LogP) is 0.948. The summed E-state index contributed by atoms with van der Waals surface area (Å²) in [5.41, 5.74) is 1.08. The third-order valence-electron chi connectivity index (χ3n) is 4.33. The second-order valence-electron chi connectivity index (χ2n) is 6.06. The number of nitrogens with one attached hydrogen (secondary N) is 1. The van der Waals surface area contributed by atoms with Crippen LogP contribution in [-0.4, -0.2) is 67.0 Å². The molecule has 3 rings (SSSR count). The molecule has 0 saturated carbocycles. The fourth-order valence-electron chi connectivity index (χ4n) is 3.07. The largest absolute Gasteiger partial charge is 0.381 e. The van der Waals surface area contributed by atoms with Crippen LogP contribution in [0.3, 0.4) is 0 Å². The molecule has 2 aliphatic rings. The Morgan fingerprint density at radius 1 is 1.26 bits per heavy atom. The van der Waals surface area contributed by atoms with Crippen LogP contribution in [0.15, 0.2) is 30.3 Å². The maximum atomic E-state index is 12.5. The van der Waals surface area contributed by atoms with E-state index in [0.29, 0.717) is 19.7 Å². The Kier molecular flexibility index (Phi) is 5.12. The molecule has 1 aromatic rings. The maximum Gasteiger partial charge on any atom is 0.249 e. The Bertz CT molecular complexity index is 549. The number of amides is 2. The SMILES string of the molecule is O=C1COCCN1CC(=O)N1CCC[C@@H](Nc2ccccc2)C1. The highest BCUT2D eigenvalue weighted by molar-refractivity contribution is 5.85. The molecule has 2 fully saturated rings. The number of para-hydroxylation sites is 1. The number of hydrogen-bond acceptors (Lipinski definition) is 4. The molecule has 6 nitrogen and oxygen atoms in total. The highest BCUT2D eigenvalue weighted by Crippen LogP contribution is 2.16. The van der Waals surface area contributed by atoms with E-state index in [1.54, 1.807) is 4.90 Å². The summed E-state index contributed by atoms with van der Waals surface area (Å²) in [4.78, 5) is 27.7. The van der Waals surface area contributed by atoms with Crippen molar-refractivity contribution < 1.29 is 14.3 Å². The molecule has 124 valence electrons. The van der Waals surface area contributed by atoms with E-state index in [9.17, 15) is 9.59 Å². The summed E-state index contributed by atoms with van der Waals surface area (Å²) in [7, 11) is 0. The number of benzene rings is 1. The normalized spacial score (nSPS) is 22.1. The standard InChI is InChI=1S/C17H23N3O3/c21-16(12-20-9-10-23-13-17(20)22)19-8-4-7-15(11-19)18-14-5-2-1-3-6-14/h1-3,5-6,15,18H,4,7-13H2/t15-/m1/s1. The molecular formula is C17H23N3O3. The Labute approximate surface area is 136 Å². The first-order valence-electron chi connectivity index (χ1n) is 8.17. The van der Waals surface area contributed by atoms with Crippen LogP contribution in [0.5, 0.6) is 0 Å². The van der Waals surface area contributed by atoms with E-state index >= 15 is 0 Å². The van der Waals surface area contributed by atoms with Gasteiger partial charge in [0.05, 0.1) is 13.2 Å². The summed E-state index contributed by atoms with van der Waals surface area (Å²) in [6.45, 7) is 2.73. The highest BCUT2D eigenvalue weighted by Gasteiger charge is 2.27. The van der Waals surface area contributed by atoms with Crippen molar-refractivity contribution >= 4 is 17.5 Å². The number of morpholine rings is 1. The number of rotatable bonds is 4. The molecule has 2 aliphatic heterocycles. The number of carbonyl (C=O) groups is 2. The molecule has 2 saturated heterocycles. The van der Waals surface area contributed by atoms with Gasteiger partial charge in [0.25, 0.3) is 0 Å². The lowest BCUT2D eigenvalue weighted by Gasteiger charge is -2.35. The van der Waals surface area contributed by atoms with Crippen LogP contribution >= 0.6 is 0 Å². The maximum absolute atomic E-state index is 12.5. The second kappa shape index (κ2) is 7.46. The van der Waals surface area contributed by atoms with Gasteiger partial charge >= 0.3 is 0 Å². The number of likely N-dealkylation sites (tertiary alicyclic amines) is 1. The fourth-order valence-corrected chi connectivity index (χ4v) is 3.07. The van der Waals surface area contributed by atoms with Crippen LogP contribution in [0.25, 0.3) is 0 Å². The smallest absolute Gasteiger partial charge is 0.249 e. The average molecular weight is 317 g/mol. The molecular weight excluding hydrogens is 294 g/mol. The first-order valence-corrected chi connectivity index (χ1v) is 8.17. The molecule has 0 aromatic heterocycles. The van der Waals surface area contributed by atoms with E-state index < -0.39 is 0 Å². The second-order valence-corrected chi connectivity index (χ2v) is 6.06.